The van der Waals surface area contributed by atoms with Gasteiger partial charge >= 0.3 is 0 Å². The van der Waals surface area contributed by atoms with E-state index < -0.39 is 10.0 Å². The third kappa shape index (κ3) is 4.41. The summed E-state index contributed by atoms with van der Waals surface area (Å²) in [6, 6.07) is 19.8. The first-order chi connectivity index (χ1) is 14.0. The third-order valence-electron chi connectivity index (χ3n) is 4.93. The number of hydrogen-bond acceptors (Lipinski definition) is 4. The Hall–Kier alpha value is -2.90. The molecule has 0 unspecified atom stereocenters. The lowest BCUT2D eigenvalue weighted by Crippen LogP contribution is -2.27. The molecule has 1 saturated heterocycles. The van der Waals surface area contributed by atoms with Crippen molar-refractivity contribution in [2.75, 3.05) is 25.0 Å². The highest BCUT2D eigenvalue weighted by atomic mass is 32.2. The van der Waals surface area contributed by atoms with E-state index in [-0.39, 0.29) is 17.4 Å². The predicted octanol–water partition coefficient (Wildman–Crippen LogP) is 3.64. The topological polar surface area (TPSA) is 75.7 Å². The summed E-state index contributed by atoms with van der Waals surface area (Å²) in [7, 11) is -3.45. The van der Waals surface area contributed by atoms with Crippen molar-refractivity contribution in [1.82, 2.24) is 4.31 Å². The number of fused-ring (bicyclic) bond motifs is 1. The van der Waals surface area contributed by atoms with Crippen molar-refractivity contribution < 1.29 is 17.9 Å². The number of nitrogens with zero attached hydrogens (tertiary/aromatic N) is 1. The molecule has 1 aliphatic heterocycles. The van der Waals surface area contributed by atoms with Gasteiger partial charge in [0, 0.05) is 18.8 Å². The first kappa shape index (κ1) is 19.4. The monoisotopic (exact) mass is 410 g/mol. The van der Waals surface area contributed by atoms with Gasteiger partial charge in [0.25, 0.3) is 5.91 Å². The van der Waals surface area contributed by atoms with E-state index in [9.17, 15) is 13.2 Å². The van der Waals surface area contributed by atoms with Crippen LogP contribution in [0.2, 0.25) is 0 Å². The molecule has 0 aliphatic carbocycles. The molecule has 0 bridgehead atoms. The Morgan fingerprint density at radius 3 is 2.34 bits per heavy atom. The van der Waals surface area contributed by atoms with Gasteiger partial charge in [-0.2, -0.15) is 4.31 Å². The molecule has 1 aliphatic rings. The van der Waals surface area contributed by atoms with E-state index >= 15 is 0 Å². The van der Waals surface area contributed by atoms with Crippen LogP contribution in [0, 0.1) is 0 Å². The lowest BCUT2D eigenvalue weighted by molar-refractivity contribution is -0.118. The summed E-state index contributed by atoms with van der Waals surface area (Å²) in [4.78, 5) is 12.4. The maximum Gasteiger partial charge on any atom is 0.262 e. The fourth-order valence-electron chi connectivity index (χ4n) is 3.39. The molecule has 3 aromatic carbocycles. The molecule has 29 heavy (non-hydrogen) atoms. The summed E-state index contributed by atoms with van der Waals surface area (Å²) in [6.45, 7) is 0.992. The van der Waals surface area contributed by atoms with Gasteiger partial charge in [0.05, 0.1) is 4.90 Å². The fourth-order valence-corrected chi connectivity index (χ4v) is 4.91. The van der Waals surface area contributed by atoms with Gasteiger partial charge in [-0.05, 0) is 60.0 Å². The average Bonchev–Trinajstić information content (AvgIpc) is 3.28. The van der Waals surface area contributed by atoms with Gasteiger partial charge in [-0.1, -0.05) is 30.3 Å². The quantitative estimate of drug-likeness (QED) is 0.673. The van der Waals surface area contributed by atoms with Gasteiger partial charge in [0.2, 0.25) is 10.0 Å². The molecule has 3 aromatic rings. The minimum absolute atomic E-state index is 0.133. The number of hydrogen-bond donors (Lipinski definition) is 1. The molecular formula is C22H22N2O4S. The molecule has 1 fully saturated rings. The number of benzene rings is 3. The van der Waals surface area contributed by atoms with Crippen LogP contribution < -0.4 is 10.1 Å². The molecule has 7 heteroatoms. The molecule has 1 N–H and O–H groups in total. The zero-order valence-corrected chi connectivity index (χ0v) is 16.7. The molecular weight excluding hydrogens is 388 g/mol. The first-order valence-corrected chi connectivity index (χ1v) is 11.0. The number of ether oxygens (including phenoxy) is 1. The highest BCUT2D eigenvalue weighted by Gasteiger charge is 2.26. The van der Waals surface area contributed by atoms with Crippen molar-refractivity contribution >= 4 is 32.4 Å². The predicted molar refractivity (Wildman–Crippen MR) is 113 cm³/mol. The molecule has 0 atom stereocenters. The van der Waals surface area contributed by atoms with Crippen LogP contribution in [-0.4, -0.2) is 38.3 Å². The smallest absolute Gasteiger partial charge is 0.262 e. The van der Waals surface area contributed by atoms with Crippen LogP contribution in [0.4, 0.5) is 5.69 Å². The number of carbonyl (C=O) groups is 1. The summed E-state index contributed by atoms with van der Waals surface area (Å²) in [5, 5.41) is 4.87. The SMILES string of the molecule is O=C(COc1ccc2ccccc2c1)Nc1ccc(S(=O)(=O)N2CCCC2)cc1. The molecule has 6 nitrogen and oxygen atoms in total. The summed E-state index contributed by atoms with van der Waals surface area (Å²) >= 11 is 0. The molecule has 0 spiro atoms. The molecule has 0 radical (unpaired) electrons. The normalized spacial score (nSPS) is 14.8. The van der Waals surface area contributed by atoms with Gasteiger partial charge in [-0.15, -0.1) is 0 Å². The van der Waals surface area contributed by atoms with Crippen LogP contribution in [-0.2, 0) is 14.8 Å². The summed E-state index contributed by atoms with van der Waals surface area (Å²) in [5.41, 5.74) is 0.525. The molecule has 1 amide bonds. The molecule has 1 heterocycles. The number of nitrogens with one attached hydrogen (secondary N) is 1. The molecule has 150 valence electrons. The van der Waals surface area contributed by atoms with Gasteiger partial charge in [-0.3, -0.25) is 4.79 Å². The van der Waals surface area contributed by atoms with Gasteiger partial charge < -0.3 is 10.1 Å². The van der Waals surface area contributed by atoms with E-state index in [1.54, 1.807) is 12.1 Å². The minimum atomic E-state index is -3.45. The highest BCUT2D eigenvalue weighted by Crippen LogP contribution is 2.23. The van der Waals surface area contributed by atoms with Crippen LogP contribution in [0.5, 0.6) is 5.75 Å². The van der Waals surface area contributed by atoms with Crippen molar-refractivity contribution in [2.45, 2.75) is 17.7 Å². The second-order valence-electron chi connectivity index (χ2n) is 6.98. The zero-order chi connectivity index (χ0) is 20.3. The maximum absolute atomic E-state index is 12.5. The van der Waals surface area contributed by atoms with E-state index in [1.807, 2.05) is 42.5 Å². The van der Waals surface area contributed by atoms with Crippen LogP contribution >= 0.6 is 0 Å². The Kier molecular flexibility index (Phi) is 5.51. The van der Waals surface area contributed by atoms with E-state index in [0.29, 0.717) is 24.5 Å². The molecule has 0 aromatic heterocycles. The van der Waals surface area contributed by atoms with Crippen molar-refractivity contribution in [1.29, 1.82) is 0 Å². The Morgan fingerprint density at radius 2 is 1.62 bits per heavy atom. The number of rotatable bonds is 6. The average molecular weight is 410 g/mol. The van der Waals surface area contributed by atoms with E-state index in [0.717, 1.165) is 23.6 Å². The lowest BCUT2D eigenvalue weighted by atomic mass is 10.1. The number of amides is 1. The van der Waals surface area contributed by atoms with E-state index in [2.05, 4.69) is 5.32 Å². The van der Waals surface area contributed by atoms with Gasteiger partial charge in [0.15, 0.2) is 6.61 Å². The van der Waals surface area contributed by atoms with Crippen molar-refractivity contribution in [2.24, 2.45) is 0 Å². The van der Waals surface area contributed by atoms with Gasteiger partial charge in [0.1, 0.15) is 5.75 Å². The Balaban J connectivity index is 1.35. The van der Waals surface area contributed by atoms with E-state index in [1.165, 1.54) is 16.4 Å². The summed E-state index contributed by atoms with van der Waals surface area (Å²) in [6.07, 6.45) is 1.79. The van der Waals surface area contributed by atoms with E-state index in [4.69, 9.17) is 4.74 Å². The first-order valence-electron chi connectivity index (χ1n) is 9.54. The summed E-state index contributed by atoms with van der Waals surface area (Å²) in [5.74, 6) is 0.305. The van der Waals surface area contributed by atoms with Crippen molar-refractivity contribution in [3.05, 3.63) is 66.7 Å². The largest absolute Gasteiger partial charge is 0.484 e. The second kappa shape index (κ2) is 8.23. The van der Waals surface area contributed by atoms with Crippen LogP contribution in [0.3, 0.4) is 0 Å². The zero-order valence-electron chi connectivity index (χ0n) is 15.9. The Bertz CT molecular complexity index is 1120. The second-order valence-corrected chi connectivity index (χ2v) is 8.92. The van der Waals surface area contributed by atoms with Crippen LogP contribution in [0.25, 0.3) is 10.8 Å². The maximum atomic E-state index is 12.5. The number of anilines is 1. The Labute approximate surface area is 170 Å². The molecule has 4 rings (SSSR count). The van der Waals surface area contributed by atoms with Crippen LogP contribution in [0.1, 0.15) is 12.8 Å². The third-order valence-corrected chi connectivity index (χ3v) is 6.84. The fraction of sp³-hybridized carbons (Fsp3) is 0.227. The van der Waals surface area contributed by atoms with Crippen LogP contribution in [0.15, 0.2) is 71.6 Å². The van der Waals surface area contributed by atoms with Crippen molar-refractivity contribution in [3.8, 4) is 5.75 Å². The number of sulfonamides is 1. The molecule has 0 saturated carbocycles. The Morgan fingerprint density at radius 1 is 0.931 bits per heavy atom. The van der Waals surface area contributed by atoms with Crippen molar-refractivity contribution in [3.63, 3.8) is 0 Å². The summed E-state index contributed by atoms with van der Waals surface area (Å²) < 4.78 is 32.2. The lowest BCUT2D eigenvalue weighted by Gasteiger charge is -2.15. The highest BCUT2D eigenvalue weighted by molar-refractivity contribution is 7.89. The number of carbonyl (C=O) groups excluding carboxylic acids is 1. The standard InChI is InChI=1S/C22H22N2O4S/c25-22(16-28-20-10-7-17-5-1-2-6-18(17)15-20)23-19-8-11-21(12-9-19)29(26,27)24-13-3-4-14-24/h1-2,5-12,15H,3-4,13-14,16H2,(H,23,25). The minimum Gasteiger partial charge on any atom is -0.484 e. The van der Waals surface area contributed by atoms with Gasteiger partial charge in [-0.25, -0.2) is 8.42 Å².